The fourth-order valence-corrected chi connectivity index (χ4v) is 3.24. The lowest BCUT2D eigenvalue weighted by atomic mass is 9.95. The molecule has 2 heteroatoms. The average Bonchev–Trinajstić information content (AvgIpc) is 2.63. The molecule has 0 amide bonds. The van der Waals surface area contributed by atoms with E-state index in [1.54, 1.807) is 0 Å². The van der Waals surface area contributed by atoms with Crippen LogP contribution in [0.25, 0.3) is 11.6 Å². The van der Waals surface area contributed by atoms with Crippen molar-refractivity contribution in [3.05, 3.63) is 65.2 Å². The van der Waals surface area contributed by atoms with Crippen LogP contribution in [0.4, 0.5) is 5.69 Å². The van der Waals surface area contributed by atoms with Crippen LogP contribution in [0.5, 0.6) is 0 Å². The fraction of sp³-hybridized carbons (Fsp3) is 0.318. The first-order chi connectivity index (χ1) is 11.7. The van der Waals surface area contributed by atoms with Crippen LogP contribution in [0, 0.1) is 18.3 Å². The smallest absolute Gasteiger partial charge is 0.0998 e. The van der Waals surface area contributed by atoms with Crippen molar-refractivity contribution in [2.24, 2.45) is 0 Å². The third-order valence-corrected chi connectivity index (χ3v) is 4.68. The first kappa shape index (κ1) is 16.3. The Hall–Kier alpha value is -2.53. The van der Waals surface area contributed by atoms with E-state index in [2.05, 4.69) is 42.6 Å². The molecule has 0 bridgehead atoms. The van der Waals surface area contributed by atoms with Gasteiger partial charge in [-0.1, -0.05) is 61.2 Å². The molecule has 1 saturated carbocycles. The lowest BCUT2D eigenvalue weighted by Gasteiger charge is -2.23. The number of nitrogens with zero attached hydrogens (tertiary/aromatic N) is 1. The van der Waals surface area contributed by atoms with Gasteiger partial charge in [-0.3, -0.25) is 0 Å². The van der Waals surface area contributed by atoms with Crippen LogP contribution < -0.4 is 5.32 Å². The quantitative estimate of drug-likeness (QED) is 0.571. The first-order valence-electron chi connectivity index (χ1n) is 8.80. The van der Waals surface area contributed by atoms with Crippen molar-refractivity contribution in [3.8, 4) is 6.07 Å². The van der Waals surface area contributed by atoms with Crippen LogP contribution >= 0.6 is 0 Å². The summed E-state index contributed by atoms with van der Waals surface area (Å²) in [5.74, 6) is 0. The third kappa shape index (κ3) is 4.26. The Balaban J connectivity index is 1.72. The normalized spacial score (nSPS) is 15.8. The van der Waals surface area contributed by atoms with E-state index in [0.29, 0.717) is 11.6 Å². The molecule has 0 unspecified atom stereocenters. The second-order valence-electron chi connectivity index (χ2n) is 6.64. The van der Waals surface area contributed by atoms with E-state index < -0.39 is 0 Å². The second kappa shape index (κ2) is 7.84. The summed E-state index contributed by atoms with van der Waals surface area (Å²) in [6.07, 6.45) is 8.54. The van der Waals surface area contributed by atoms with Crippen molar-refractivity contribution in [1.29, 1.82) is 5.26 Å². The Morgan fingerprint density at radius 1 is 1.00 bits per heavy atom. The summed E-state index contributed by atoms with van der Waals surface area (Å²) in [5, 5.41) is 13.1. The molecule has 1 fully saturated rings. The average molecular weight is 316 g/mol. The summed E-state index contributed by atoms with van der Waals surface area (Å²) in [6, 6.07) is 19.4. The highest BCUT2D eigenvalue weighted by atomic mass is 14.9. The summed E-state index contributed by atoms with van der Waals surface area (Å²) in [5.41, 5.74) is 5.10. The number of nitriles is 1. The SMILES string of the molecule is Cc1ccc(C(C#N)=Cc2ccc(NC3CCCCC3)cc2)cc1. The summed E-state index contributed by atoms with van der Waals surface area (Å²) in [6.45, 7) is 2.05. The predicted octanol–water partition coefficient (Wildman–Crippen LogP) is 5.80. The second-order valence-corrected chi connectivity index (χ2v) is 6.64. The molecule has 1 N–H and O–H groups in total. The molecule has 0 atom stereocenters. The van der Waals surface area contributed by atoms with Gasteiger partial charge in [-0.25, -0.2) is 0 Å². The van der Waals surface area contributed by atoms with Crippen molar-refractivity contribution in [2.75, 3.05) is 5.32 Å². The molecule has 0 aromatic heterocycles. The van der Waals surface area contributed by atoms with Gasteiger partial charge in [0.2, 0.25) is 0 Å². The van der Waals surface area contributed by atoms with Crippen LogP contribution in [0.2, 0.25) is 0 Å². The number of benzene rings is 2. The third-order valence-electron chi connectivity index (χ3n) is 4.68. The number of aryl methyl sites for hydroxylation is 1. The minimum Gasteiger partial charge on any atom is -0.382 e. The van der Waals surface area contributed by atoms with E-state index in [-0.39, 0.29) is 0 Å². The van der Waals surface area contributed by atoms with E-state index in [4.69, 9.17) is 0 Å². The van der Waals surface area contributed by atoms with Gasteiger partial charge < -0.3 is 5.32 Å². The summed E-state index contributed by atoms with van der Waals surface area (Å²) >= 11 is 0. The fourth-order valence-electron chi connectivity index (χ4n) is 3.24. The van der Waals surface area contributed by atoms with E-state index in [1.807, 2.05) is 30.3 Å². The maximum Gasteiger partial charge on any atom is 0.0998 e. The standard InChI is InChI=1S/C22H24N2/c1-17-7-11-19(12-8-17)20(16-23)15-18-9-13-22(14-10-18)24-21-5-3-2-4-6-21/h7-15,21,24H,2-6H2,1H3. The molecule has 1 aliphatic carbocycles. The Morgan fingerprint density at radius 3 is 2.29 bits per heavy atom. The zero-order valence-corrected chi connectivity index (χ0v) is 14.3. The molecule has 0 spiro atoms. The van der Waals surface area contributed by atoms with Gasteiger partial charge in [-0.2, -0.15) is 5.26 Å². The van der Waals surface area contributed by atoms with Crippen LogP contribution in [-0.4, -0.2) is 6.04 Å². The number of allylic oxidation sites excluding steroid dienone is 1. The Labute approximate surface area is 144 Å². The summed E-state index contributed by atoms with van der Waals surface area (Å²) < 4.78 is 0. The first-order valence-corrected chi connectivity index (χ1v) is 8.80. The number of anilines is 1. The lowest BCUT2D eigenvalue weighted by Crippen LogP contribution is -2.22. The van der Waals surface area contributed by atoms with Gasteiger partial charge in [0, 0.05) is 11.7 Å². The van der Waals surface area contributed by atoms with Gasteiger partial charge in [0.25, 0.3) is 0 Å². The molecular formula is C22H24N2. The number of hydrogen-bond donors (Lipinski definition) is 1. The molecule has 2 nitrogen and oxygen atoms in total. The minimum atomic E-state index is 0.613. The molecule has 0 heterocycles. The van der Waals surface area contributed by atoms with E-state index >= 15 is 0 Å². The van der Waals surface area contributed by atoms with E-state index in [0.717, 1.165) is 11.1 Å². The zero-order chi connectivity index (χ0) is 16.8. The summed E-state index contributed by atoms with van der Waals surface area (Å²) in [7, 11) is 0. The maximum atomic E-state index is 9.45. The van der Waals surface area contributed by atoms with Gasteiger partial charge in [0.05, 0.1) is 11.6 Å². The maximum absolute atomic E-state index is 9.45. The van der Waals surface area contributed by atoms with Crippen LogP contribution in [-0.2, 0) is 0 Å². The van der Waals surface area contributed by atoms with Crippen LogP contribution in [0.3, 0.4) is 0 Å². The van der Waals surface area contributed by atoms with Gasteiger partial charge in [-0.05, 0) is 49.1 Å². The molecule has 3 rings (SSSR count). The zero-order valence-electron chi connectivity index (χ0n) is 14.3. The minimum absolute atomic E-state index is 0.613. The molecule has 0 saturated heterocycles. The predicted molar refractivity (Wildman–Crippen MR) is 102 cm³/mol. The Morgan fingerprint density at radius 2 is 1.67 bits per heavy atom. The lowest BCUT2D eigenvalue weighted by molar-refractivity contribution is 0.463. The van der Waals surface area contributed by atoms with Gasteiger partial charge >= 0.3 is 0 Å². The van der Waals surface area contributed by atoms with Gasteiger partial charge in [-0.15, -0.1) is 0 Å². The van der Waals surface area contributed by atoms with Crippen molar-refractivity contribution in [2.45, 2.75) is 45.1 Å². The van der Waals surface area contributed by atoms with E-state index in [1.165, 1.54) is 43.4 Å². The largest absolute Gasteiger partial charge is 0.382 e. The molecule has 0 aliphatic heterocycles. The Kier molecular flexibility index (Phi) is 5.33. The number of hydrogen-bond acceptors (Lipinski definition) is 2. The summed E-state index contributed by atoms with van der Waals surface area (Å²) in [4.78, 5) is 0. The van der Waals surface area contributed by atoms with Crippen molar-refractivity contribution >= 4 is 17.3 Å². The van der Waals surface area contributed by atoms with Crippen molar-refractivity contribution < 1.29 is 0 Å². The molecule has 2 aromatic carbocycles. The van der Waals surface area contributed by atoms with Crippen LogP contribution in [0.15, 0.2) is 48.5 Å². The highest BCUT2D eigenvalue weighted by molar-refractivity contribution is 5.89. The number of rotatable bonds is 4. The molecule has 24 heavy (non-hydrogen) atoms. The highest BCUT2D eigenvalue weighted by Crippen LogP contribution is 2.23. The number of nitrogens with one attached hydrogen (secondary N) is 1. The highest BCUT2D eigenvalue weighted by Gasteiger charge is 2.12. The molecular weight excluding hydrogens is 292 g/mol. The molecule has 0 radical (unpaired) electrons. The molecule has 2 aromatic rings. The Bertz CT molecular complexity index is 727. The van der Waals surface area contributed by atoms with Crippen molar-refractivity contribution in [1.82, 2.24) is 0 Å². The monoisotopic (exact) mass is 316 g/mol. The van der Waals surface area contributed by atoms with Gasteiger partial charge in [0.15, 0.2) is 0 Å². The van der Waals surface area contributed by atoms with Gasteiger partial charge in [0.1, 0.15) is 0 Å². The van der Waals surface area contributed by atoms with Crippen LogP contribution in [0.1, 0.15) is 48.8 Å². The van der Waals surface area contributed by atoms with E-state index in [9.17, 15) is 5.26 Å². The molecule has 1 aliphatic rings. The topological polar surface area (TPSA) is 35.8 Å². The molecule has 122 valence electrons. The van der Waals surface area contributed by atoms with Crippen molar-refractivity contribution in [3.63, 3.8) is 0 Å².